The van der Waals surface area contributed by atoms with Crippen molar-refractivity contribution in [3.05, 3.63) is 75.4 Å². The van der Waals surface area contributed by atoms with Crippen LogP contribution < -0.4 is 4.74 Å². The van der Waals surface area contributed by atoms with Gasteiger partial charge in [-0.3, -0.25) is 0 Å². The number of aliphatic hydroxyl groups excluding tert-OH is 1. The van der Waals surface area contributed by atoms with Crippen molar-refractivity contribution >= 4 is 34.5 Å². The molecule has 0 bridgehead atoms. The van der Waals surface area contributed by atoms with Crippen LogP contribution in [0.1, 0.15) is 43.4 Å². The molecular formula is C25H27NO4S. The van der Waals surface area contributed by atoms with Gasteiger partial charge in [0.25, 0.3) is 0 Å². The summed E-state index contributed by atoms with van der Waals surface area (Å²) in [7, 11) is 1.66. The van der Waals surface area contributed by atoms with Gasteiger partial charge in [0.15, 0.2) is 0 Å². The van der Waals surface area contributed by atoms with Crippen LogP contribution in [0.4, 0.5) is 5.69 Å². The number of carbonyl (C=O) groups excluding carboxylic acids is 1. The lowest BCUT2D eigenvalue weighted by Crippen LogP contribution is -2.12. The summed E-state index contributed by atoms with van der Waals surface area (Å²) < 4.78 is 10.7. The average Bonchev–Trinajstić information content (AvgIpc) is 3.04. The van der Waals surface area contributed by atoms with Crippen LogP contribution in [0, 0.1) is 6.92 Å². The summed E-state index contributed by atoms with van der Waals surface area (Å²) in [6.45, 7) is 8.15. The van der Waals surface area contributed by atoms with Gasteiger partial charge in [0.1, 0.15) is 22.1 Å². The van der Waals surface area contributed by atoms with Crippen LogP contribution >= 0.6 is 11.8 Å². The Bertz CT molecular complexity index is 1070. The second-order valence-corrected chi connectivity index (χ2v) is 8.44. The Labute approximate surface area is 187 Å². The number of rotatable bonds is 6. The quantitative estimate of drug-likeness (QED) is 0.536. The number of benzene rings is 2. The number of aliphatic imine (C=N–C) groups is 1. The SMILES string of the molecule is CCOC(=O)C1=C(O)/C(=C/c2cc(C(C)C)c(OC)cc2C)SC1=Nc1ccccc1. The predicted molar refractivity (Wildman–Crippen MR) is 127 cm³/mol. The van der Waals surface area contributed by atoms with Gasteiger partial charge < -0.3 is 14.6 Å². The summed E-state index contributed by atoms with van der Waals surface area (Å²) in [6.07, 6.45) is 1.88. The molecule has 0 amide bonds. The molecule has 1 aliphatic rings. The summed E-state index contributed by atoms with van der Waals surface area (Å²) in [5.74, 6) is 0.421. The molecule has 0 atom stereocenters. The Balaban J connectivity index is 2.10. The highest BCUT2D eigenvalue weighted by atomic mass is 32.2. The highest BCUT2D eigenvalue weighted by Gasteiger charge is 2.33. The molecule has 1 heterocycles. The molecule has 6 heteroatoms. The zero-order valence-electron chi connectivity index (χ0n) is 18.4. The largest absolute Gasteiger partial charge is 0.506 e. The number of para-hydroxylation sites is 1. The smallest absolute Gasteiger partial charge is 0.344 e. The van der Waals surface area contributed by atoms with E-state index in [9.17, 15) is 9.90 Å². The van der Waals surface area contributed by atoms with Crippen LogP contribution in [-0.2, 0) is 9.53 Å². The molecule has 1 aliphatic heterocycles. The van der Waals surface area contributed by atoms with Crippen molar-refractivity contribution < 1.29 is 19.4 Å². The fourth-order valence-corrected chi connectivity index (χ4v) is 4.28. The number of aryl methyl sites for hydroxylation is 1. The third-order valence-corrected chi connectivity index (χ3v) is 5.90. The van der Waals surface area contributed by atoms with Gasteiger partial charge in [-0.2, -0.15) is 0 Å². The molecule has 0 spiro atoms. The van der Waals surface area contributed by atoms with Crippen molar-refractivity contribution in [2.45, 2.75) is 33.6 Å². The monoisotopic (exact) mass is 437 g/mol. The molecule has 0 radical (unpaired) electrons. The fraction of sp³-hybridized carbons (Fsp3) is 0.280. The molecule has 31 heavy (non-hydrogen) atoms. The lowest BCUT2D eigenvalue weighted by Gasteiger charge is -2.15. The second kappa shape index (κ2) is 9.88. The summed E-state index contributed by atoms with van der Waals surface area (Å²) in [5.41, 5.74) is 3.83. The number of hydrogen-bond acceptors (Lipinski definition) is 6. The normalized spacial score (nSPS) is 16.5. The van der Waals surface area contributed by atoms with Crippen LogP contribution in [0.3, 0.4) is 0 Å². The number of thioether (sulfide) groups is 1. The van der Waals surface area contributed by atoms with E-state index in [2.05, 4.69) is 24.9 Å². The number of hydrogen-bond donors (Lipinski definition) is 1. The van der Waals surface area contributed by atoms with E-state index >= 15 is 0 Å². The summed E-state index contributed by atoms with van der Waals surface area (Å²) in [6, 6.07) is 13.4. The third kappa shape index (κ3) is 5.02. The van der Waals surface area contributed by atoms with Crippen LogP contribution in [0.25, 0.3) is 6.08 Å². The molecule has 5 nitrogen and oxygen atoms in total. The molecule has 0 aliphatic carbocycles. The van der Waals surface area contributed by atoms with Gasteiger partial charge in [-0.15, -0.1) is 0 Å². The molecule has 0 saturated heterocycles. The van der Waals surface area contributed by atoms with Crippen LogP contribution in [0.2, 0.25) is 0 Å². The third-order valence-electron chi connectivity index (χ3n) is 4.88. The molecule has 0 saturated carbocycles. The minimum atomic E-state index is -0.583. The molecule has 162 valence electrons. The van der Waals surface area contributed by atoms with E-state index in [1.807, 2.05) is 49.4 Å². The Morgan fingerprint density at radius 1 is 1.23 bits per heavy atom. The van der Waals surface area contributed by atoms with Crippen molar-refractivity contribution in [3.8, 4) is 5.75 Å². The van der Waals surface area contributed by atoms with Crippen molar-refractivity contribution in [2.75, 3.05) is 13.7 Å². The fourth-order valence-electron chi connectivity index (χ4n) is 3.25. The molecular weight excluding hydrogens is 410 g/mol. The van der Waals surface area contributed by atoms with E-state index in [1.165, 1.54) is 11.8 Å². The Kier molecular flexibility index (Phi) is 7.23. The van der Waals surface area contributed by atoms with Crippen LogP contribution in [0.5, 0.6) is 5.75 Å². The van der Waals surface area contributed by atoms with Crippen LogP contribution in [0.15, 0.2) is 63.7 Å². The molecule has 0 aromatic heterocycles. The summed E-state index contributed by atoms with van der Waals surface area (Å²) in [5, 5.41) is 11.3. The van der Waals surface area contributed by atoms with Crippen molar-refractivity contribution in [1.82, 2.24) is 0 Å². The Morgan fingerprint density at radius 3 is 2.55 bits per heavy atom. The van der Waals surface area contributed by atoms with Gasteiger partial charge in [0, 0.05) is 0 Å². The average molecular weight is 438 g/mol. The number of esters is 1. The van der Waals surface area contributed by atoms with Crippen molar-refractivity contribution in [1.29, 1.82) is 0 Å². The summed E-state index contributed by atoms with van der Waals surface area (Å²) in [4.78, 5) is 17.7. The van der Waals surface area contributed by atoms with E-state index in [4.69, 9.17) is 9.47 Å². The highest BCUT2D eigenvalue weighted by Crippen LogP contribution is 2.41. The van der Waals surface area contributed by atoms with Gasteiger partial charge in [-0.25, -0.2) is 9.79 Å². The number of ether oxygens (including phenoxy) is 2. The lowest BCUT2D eigenvalue weighted by molar-refractivity contribution is -0.138. The molecule has 1 N–H and O–H groups in total. The van der Waals surface area contributed by atoms with Gasteiger partial charge in [0.05, 0.1) is 24.3 Å². The minimum absolute atomic E-state index is 0.0946. The van der Waals surface area contributed by atoms with E-state index in [0.717, 1.165) is 22.4 Å². The number of carbonyl (C=O) groups is 1. The maximum Gasteiger partial charge on any atom is 0.344 e. The first-order chi connectivity index (χ1) is 14.8. The van der Waals surface area contributed by atoms with E-state index in [1.54, 1.807) is 14.0 Å². The lowest BCUT2D eigenvalue weighted by atomic mass is 9.96. The summed E-state index contributed by atoms with van der Waals surface area (Å²) >= 11 is 1.26. The zero-order chi connectivity index (χ0) is 22.5. The minimum Gasteiger partial charge on any atom is -0.506 e. The van der Waals surface area contributed by atoms with E-state index in [0.29, 0.717) is 15.6 Å². The first kappa shape index (κ1) is 22.7. The van der Waals surface area contributed by atoms with Gasteiger partial charge in [0.2, 0.25) is 0 Å². The van der Waals surface area contributed by atoms with Crippen molar-refractivity contribution in [3.63, 3.8) is 0 Å². The molecule has 0 fully saturated rings. The molecule has 0 unspecified atom stereocenters. The first-order valence-corrected chi connectivity index (χ1v) is 11.0. The standard InChI is InChI=1S/C25H27NO4S/c1-6-30-25(28)22-23(27)21(31-24(22)26-18-10-8-7-9-11-18)14-17-13-19(15(2)3)20(29-5)12-16(17)4/h7-15,27H,6H2,1-5H3/b21-14-,26-24?. The predicted octanol–water partition coefficient (Wildman–Crippen LogP) is 6.32. The Morgan fingerprint density at radius 2 is 1.94 bits per heavy atom. The van der Waals surface area contributed by atoms with Crippen LogP contribution in [-0.4, -0.2) is 29.8 Å². The maximum absolute atomic E-state index is 12.6. The first-order valence-electron chi connectivity index (χ1n) is 10.2. The number of nitrogens with zero attached hydrogens (tertiary/aromatic N) is 1. The molecule has 3 rings (SSSR count). The molecule has 2 aromatic rings. The maximum atomic E-state index is 12.6. The van der Waals surface area contributed by atoms with E-state index in [-0.39, 0.29) is 23.9 Å². The topological polar surface area (TPSA) is 68.1 Å². The highest BCUT2D eigenvalue weighted by molar-refractivity contribution is 8.18. The van der Waals surface area contributed by atoms with Gasteiger partial charge in [-0.1, -0.05) is 43.8 Å². The van der Waals surface area contributed by atoms with Crippen molar-refractivity contribution in [2.24, 2.45) is 4.99 Å². The van der Waals surface area contributed by atoms with Gasteiger partial charge >= 0.3 is 5.97 Å². The van der Waals surface area contributed by atoms with Gasteiger partial charge in [-0.05, 0) is 66.8 Å². The second-order valence-electron chi connectivity index (χ2n) is 7.41. The Hall–Kier alpha value is -2.99. The zero-order valence-corrected chi connectivity index (χ0v) is 19.2. The number of aliphatic hydroxyl groups is 1. The van der Waals surface area contributed by atoms with E-state index < -0.39 is 5.97 Å². The number of methoxy groups -OCH3 is 1. The molecule has 2 aromatic carbocycles.